The van der Waals surface area contributed by atoms with E-state index in [9.17, 15) is 4.79 Å². The Morgan fingerprint density at radius 2 is 1.74 bits per heavy atom. The molecule has 6 heteroatoms. The fraction of sp³-hybridized carbons (Fsp3) is 0.176. The van der Waals surface area contributed by atoms with E-state index in [0.717, 1.165) is 16.2 Å². The Hall–Kier alpha value is -3.02. The third-order valence-electron chi connectivity index (χ3n) is 3.33. The number of primary amides is 1. The van der Waals surface area contributed by atoms with Gasteiger partial charge in [0.05, 0.1) is 12.8 Å². The first kappa shape index (κ1) is 16.4. The Kier molecular flexibility index (Phi) is 4.85. The lowest BCUT2D eigenvalue weighted by Crippen LogP contribution is -2.38. The van der Waals surface area contributed by atoms with Crippen LogP contribution in [0.1, 0.15) is 12.5 Å². The summed E-state index contributed by atoms with van der Waals surface area (Å²) in [5.74, 6) is 2.09. The van der Waals surface area contributed by atoms with Gasteiger partial charge in [0, 0.05) is 5.56 Å². The maximum absolute atomic E-state index is 11.4. The number of benzene rings is 2. The minimum Gasteiger partial charge on any atom is -0.496 e. The number of ether oxygens (including phenoxy) is 2. The molecule has 0 atom stereocenters. The van der Waals surface area contributed by atoms with E-state index in [1.54, 1.807) is 31.4 Å². The summed E-state index contributed by atoms with van der Waals surface area (Å²) in [5, 5.41) is 7.61. The number of anilines is 1. The second-order valence-corrected chi connectivity index (χ2v) is 4.94. The summed E-state index contributed by atoms with van der Waals surface area (Å²) in [6.45, 7) is 3.41. The Morgan fingerprint density at radius 1 is 1.13 bits per heavy atom. The van der Waals surface area contributed by atoms with Crippen LogP contribution in [0.3, 0.4) is 0 Å². The number of carbonyl (C=O) groups is 1. The zero-order chi connectivity index (χ0) is 17.0. The van der Waals surface area contributed by atoms with Gasteiger partial charge in [-0.05, 0) is 50.2 Å². The van der Waals surface area contributed by atoms with Crippen molar-refractivity contribution >= 4 is 17.6 Å². The topological polar surface area (TPSA) is 88.6 Å². The first-order valence-corrected chi connectivity index (χ1v) is 7.00. The monoisotopic (exact) mass is 313 g/mol. The second-order valence-electron chi connectivity index (χ2n) is 4.94. The van der Waals surface area contributed by atoms with Crippen LogP contribution in [0, 0.1) is 12.3 Å². The fourth-order valence-corrected chi connectivity index (χ4v) is 2.20. The molecule has 0 heterocycles. The Balaban J connectivity index is 2.24. The molecule has 0 saturated heterocycles. The molecule has 3 N–H and O–H groups in total. The van der Waals surface area contributed by atoms with Gasteiger partial charge >= 0.3 is 6.03 Å². The van der Waals surface area contributed by atoms with Crippen molar-refractivity contribution in [3.8, 4) is 17.2 Å². The van der Waals surface area contributed by atoms with Gasteiger partial charge in [-0.1, -0.05) is 6.07 Å². The van der Waals surface area contributed by atoms with E-state index in [4.69, 9.17) is 20.6 Å². The van der Waals surface area contributed by atoms with Crippen molar-refractivity contribution in [1.29, 1.82) is 5.41 Å². The molecule has 2 aromatic carbocycles. The van der Waals surface area contributed by atoms with Gasteiger partial charge in [-0.2, -0.15) is 0 Å². The van der Waals surface area contributed by atoms with Crippen LogP contribution in [0.15, 0.2) is 42.5 Å². The molecule has 23 heavy (non-hydrogen) atoms. The molecule has 0 aliphatic heterocycles. The number of methoxy groups -OCH3 is 1. The van der Waals surface area contributed by atoms with E-state index in [0.29, 0.717) is 17.2 Å². The van der Waals surface area contributed by atoms with Crippen molar-refractivity contribution in [2.24, 2.45) is 5.73 Å². The second kappa shape index (κ2) is 6.83. The summed E-state index contributed by atoms with van der Waals surface area (Å²) in [4.78, 5) is 12.5. The molecule has 0 spiro atoms. The standard InChI is InChI=1S/C17H19N3O3/c1-11-15(22-3)5-4-6-16(11)23-14-9-7-13(8-10-14)20(12(2)18)17(19)21/h4-10,18H,1-3H3,(H2,19,21). The van der Waals surface area contributed by atoms with Gasteiger partial charge in [-0.25, -0.2) is 4.79 Å². The number of hydrogen-bond donors (Lipinski definition) is 2. The number of hydrogen-bond acceptors (Lipinski definition) is 4. The van der Waals surface area contributed by atoms with Crippen LogP contribution in [0.4, 0.5) is 10.5 Å². The molecule has 0 radical (unpaired) electrons. The number of urea groups is 1. The molecule has 0 fully saturated rings. The van der Waals surface area contributed by atoms with E-state index in [1.807, 2.05) is 25.1 Å². The highest BCUT2D eigenvalue weighted by molar-refractivity contribution is 6.13. The van der Waals surface area contributed by atoms with Crippen LogP contribution in [0.2, 0.25) is 0 Å². The molecule has 120 valence electrons. The van der Waals surface area contributed by atoms with Crippen molar-refractivity contribution in [1.82, 2.24) is 0 Å². The van der Waals surface area contributed by atoms with Gasteiger partial charge in [-0.15, -0.1) is 0 Å². The normalized spacial score (nSPS) is 10.0. The Labute approximate surface area is 134 Å². The molecule has 0 saturated carbocycles. The van der Waals surface area contributed by atoms with E-state index >= 15 is 0 Å². The van der Waals surface area contributed by atoms with Crippen LogP contribution in [0.5, 0.6) is 17.2 Å². The molecule has 0 bridgehead atoms. The third-order valence-corrected chi connectivity index (χ3v) is 3.33. The number of amidine groups is 1. The summed E-state index contributed by atoms with van der Waals surface area (Å²) >= 11 is 0. The lowest BCUT2D eigenvalue weighted by molar-refractivity contribution is 0.256. The van der Waals surface area contributed by atoms with Crippen molar-refractivity contribution < 1.29 is 14.3 Å². The van der Waals surface area contributed by atoms with Crippen molar-refractivity contribution in [2.75, 3.05) is 12.0 Å². The first-order valence-electron chi connectivity index (χ1n) is 7.00. The Bertz CT molecular complexity index is 712. The average Bonchev–Trinajstić information content (AvgIpc) is 2.50. The van der Waals surface area contributed by atoms with Gasteiger partial charge in [-0.3, -0.25) is 10.3 Å². The van der Waals surface area contributed by atoms with Crippen molar-refractivity contribution in [3.63, 3.8) is 0 Å². The first-order chi connectivity index (χ1) is 10.9. The number of amides is 2. The number of nitrogens with zero attached hydrogens (tertiary/aromatic N) is 1. The van der Waals surface area contributed by atoms with E-state index in [1.165, 1.54) is 6.92 Å². The lowest BCUT2D eigenvalue weighted by atomic mass is 10.2. The molecular weight excluding hydrogens is 294 g/mol. The highest BCUT2D eigenvalue weighted by Crippen LogP contribution is 2.31. The van der Waals surface area contributed by atoms with Gasteiger partial charge in [0.2, 0.25) is 0 Å². The number of carbonyl (C=O) groups excluding carboxylic acids is 1. The summed E-state index contributed by atoms with van der Waals surface area (Å²) in [6, 6.07) is 11.6. The van der Waals surface area contributed by atoms with Crippen molar-refractivity contribution in [2.45, 2.75) is 13.8 Å². The fourth-order valence-electron chi connectivity index (χ4n) is 2.20. The minimum atomic E-state index is -0.699. The zero-order valence-corrected chi connectivity index (χ0v) is 13.3. The third kappa shape index (κ3) is 3.60. The summed E-state index contributed by atoms with van der Waals surface area (Å²) in [6.07, 6.45) is 0. The summed E-state index contributed by atoms with van der Waals surface area (Å²) < 4.78 is 11.1. The molecule has 2 rings (SSSR count). The molecule has 0 unspecified atom stereocenters. The van der Waals surface area contributed by atoms with E-state index in [-0.39, 0.29) is 5.84 Å². The SMILES string of the molecule is COc1cccc(Oc2ccc(N(C(C)=N)C(N)=O)cc2)c1C. The molecule has 6 nitrogen and oxygen atoms in total. The molecular formula is C17H19N3O3. The van der Waals surface area contributed by atoms with E-state index < -0.39 is 6.03 Å². The molecule has 2 aromatic rings. The van der Waals surface area contributed by atoms with Crippen molar-refractivity contribution in [3.05, 3.63) is 48.0 Å². The molecule has 0 aliphatic rings. The van der Waals surface area contributed by atoms with Crippen LogP contribution >= 0.6 is 0 Å². The zero-order valence-electron chi connectivity index (χ0n) is 13.3. The number of rotatable bonds is 4. The predicted molar refractivity (Wildman–Crippen MR) is 89.7 cm³/mol. The van der Waals surface area contributed by atoms with E-state index in [2.05, 4.69) is 0 Å². The summed E-state index contributed by atoms with van der Waals surface area (Å²) in [5.41, 5.74) is 6.69. The average molecular weight is 313 g/mol. The minimum absolute atomic E-state index is 0.0507. The van der Waals surface area contributed by atoms with Gasteiger partial charge in [0.1, 0.15) is 23.1 Å². The smallest absolute Gasteiger partial charge is 0.324 e. The molecule has 2 amide bonds. The highest BCUT2D eigenvalue weighted by atomic mass is 16.5. The quantitative estimate of drug-likeness (QED) is 0.666. The molecule has 0 aromatic heterocycles. The highest BCUT2D eigenvalue weighted by Gasteiger charge is 2.14. The van der Waals surface area contributed by atoms with Crippen LogP contribution in [-0.2, 0) is 0 Å². The van der Waals surface area contributed by atoms with Gasteiger partial charge in [0.15, 0.2) is 0 Å². The van der Waals surface area contributed by atoms with Crippen LogP contribution < -0.4 is 20.1 Å². The maximum atomic E-state index is 11.4. The Morgan fingerprint density at radius 3 is 2.26 bits per heavy atom. The predicted octanol–water partition coefficient (Wildman–Crippen LogP) is 3.68. The number of nitrogens with one attached hydrogen (secondary N) is 1. The van der Waals surface area contributed by atoms with Gasteiger partial charge < -0.3 is 15.2 Å². The van der Waals surface area contributed by atoms with Gasteiger partial charge in [0.25, 0.3) is 0 Å². The van der Waals surface area contributed by atoms with Crippen LogP contribution in [0.25, 0.3) is 0 Å². The van der Waals surface area contributed by atoms with Crippen LogP contribution in [-0.4, -0.2) is 19.0 Å². The maximum Gasteiger partial charge on any atom is 0.324 e. The number of nitrogens with two attached hydrogens (primary N) is 1. The molecule has 0 aliphatic carbocycles. The lowest BCUT2D eigenvalue weighted by Gasteiger charge is -2.19. The largest absolute Gasteiger partial charge is 0.496 e. The summed E-state index contributed by atoms with van der Waals surface area (Å²) in [7, 11) is 1.61.